The van der Waals surface area contributed by atoms with E-state index < -0.39 is 17.4 Å². The van der Waals surface area contributed by atoms with Gasteiger partial charge in [-0.15, -0.1) is 0 Å². The lowest BCUT2D eigenvalue weighted by atomic mass is 9.94. The van der Waals surface area contributed by atoms with Crippen molar-refractivity contribution in [3.8, 4) is 0 Å². The van der Waals surface area contributed by atoms with Crippen molar-refractivity contribution in [2.24, 2.45) is 5.92 Å². The highest BCUT2D eigenvalue weighted by atomic mass is 19.4. The summed E-state index contributed by atoms with van der Waals surface area (Å²) in [6.07, 6.45) is 0.866. The van der Waals surface area contributed by atoms with Crippen molar-refractivity contribution < 1.29 is 18.0 Å². The fraction of sp³-hybridized carbons (Fsp3) is 0.706. The van der Waals surface area contributed by atoms with Gasteiger partial charge in [0.2, 0.25) is 5.91 Å². The van der Waals surface area contributed by atoms with Gasteiger partial charge in [-0.25, -0.2) is 4.98 Å². The minimum Gasteiger partial charge on any atom is -0.355 e. The smallest absolute Gasteiger partial charge is 0.355 e. The van der Waals surface area contributed by atoms with Crippen molar-refractivity contribution >= 4 is 5.91 Å². The molecule has 9 heteroatoms. The fourth-order valence-electron chi connectivity index (χ4n) is 3.72. The zero-order valence-corrected chi connectivity index (χ0v) is 14.5. The Labute approximate surface area is 149 Å². The molecule has 0 aliphatic carbocycles. The molecule has 0 saturated carbocycles. The predicted molar refractivity (Wildman–Crippen MR) is 88.4 cm³/mol. The summed E-state index contributed by atoms with van der Waals surface area (Å²) in [6, 6.07) is 0.458. The average Bonchev–Trinajstić information content (AvgIpc) is 2.81. The van der Waals surface area contributed by atoms with Gasteiger partial charge in [-0.3, -0.25) is 19.1 Å². The van der Waals surface area contributed by atoms with E-state index in [1.54, 1.807) is 0 Å². The minimum absolute atomic E-state index is 0.0871. The Morgan fingerprint density at radius 3 is 2.54 bits per heavy atom. The molecule has 1 unspecified atom stereocenters. The van der Waals surface area contributed by atoms with Crippen molar-refractivity contribution in [3.63, 3.8) is 0 Å². The summed E-state index contributed by atoms with van der Waals surface area (Å²) in [5.41, 5.74) is -1.84. The lowest BCUT2D eigenvalue weighted by Gasteiger charge is -2.36. The number of likely N-dealkylation sites (tertiary alicyclic amines) is 1. The molecule has 1 aromatic rings. The molecule has 6 nitrogen and oxygen atoms in total. The summed E-state index contributed by atoms with van der Waals surface area (Å²) in [7, 11) is 0. The van der Waals surface area contributed by atoms with Crippen LogP contribution >= 0.6 is 0 Å². The normalized spacial score (nSPS) is 23.5. The van der Waals surface area contributed by atoms with E-state index in [1.807, 2.05) is 0 Å². The first-order valence-corrected chi connectivity index (χ1v) is 9.00. The van der Waals surface area contributed by atoms with Gasteiger partial charge >= 0.3 is 6.18 Å². The van der Waals surface area contributed by atoms with Crippen molar-refractivity contribution in [3.05, 3.63) is 28.4 Å². The number of carbonyl (C=O) groups excluding carboxylic acids is 1. The molecular weight excluding hydrogens is 349 g/mol. The van der Waals surface area contributed by atoms with Gasteiger partial charge in [0.25, 0.3) is 5.56 Å². The van der Waals surface area contributed by atoms with Gasteiger partial charge in [-0.2, -0.15) is 13.2 Å². The van der Waals surface area contributed by atoms with Crippen LogP contribution in [-0.2, 0) is 17.5 Å². The van der Waals surface area contributed by atoms with Crippen molar-refractivity contribution in [2.75, 3.05) is 19.6 Å². The third-order valence-electron chi connectivity index (χ3n) is 5.22. The maximum absolute atomic E-state index is 12.6. The lowest BCUT2D eigenvalue weighted by molar-refractivity contribution is -0.141. The van der Waals surface area contributed by atoms with E-state index in [9.17, 15) is 22.8 Å². The monoisotopic (exact) mass is 372 g/mol. The van der Waals surface area contributed by atoms with E-state index in [4.69, 9.17) is 0 Å². The summed E-state index contributed by atoms with van der Waals surface area (Å²) < 4.78 is 39.0. The Kier molecular flexibility index (Phi) is 5.64. The summed E-state index contributed by atoms with van der Waals surface area (Å²) >= 11 is 0. The molecule has 1 atom stereocenters. The van der Waals surface area contributed by atoms with Crippen LogP contribution in [0.5, 0.6) is 0 Å². The van der Waals surface area contributed by atoms with E-state index in [2.05, 4.69) is 15.2 Å². The quantitative estimate of drug-likeness (QED) is 0.876. The van der Waals surface area contributed by atoms with Gasteiger partial charge < -0.3 is 5.32 Å². The highest BCUT2D eigenvalue weighted by molar-refractivity contribution is 5.81. The second-order valence-corrected chi connectivity index (χ2v) is 7.04. The predicted octanol–water partition coefficient (Wildman–Crippen LogP) is 1.64. The molecule has 3 rings (SSSR count). The van der Waals surface area contributed by atoms with E-state index in [-0.39, 0.29) is 17.9 Å². The number of alkyl halides is 3. The Morgan fingerprint density at radius 1 is 1.15 bits per heavy atom. The third-order valence-corrected chi connectivity index (χ3v) is 5.22. The van der Waals surface area contributed by atoms with Crippen LogP contribution < -0.4 is 10.9 Å². The molecule has 0 bridgehead atoms. The van der Waals surface area contributed by atoms with E-state index >= 15 is 0 Å². The number of nitrogens with one attached hydrogen (secondary N) is 1. The van der Waals surface area contributed by atoms with Gasteiger partial charge in [0.15, 0.2) is 5.69 Å². The second kappa shape index (κ2) is 7.77. The molecule has 3 heterocycles. The molecule has 1 aromatic heterocycles. The van der Waals surface area contributed by atoms with Gasteiger partial charge in [-0.1, -0.05) is 0 Å². The number of hydrogen-bond donors (Lipinski definition) is 1. The number of piperidine rings is 1. The van der Waals surface area contributed by atoms with Crippen LogP contribution in [0.15, 0.2) is 17.2 Å². The van der Waals surface area contributed by atoms with Gasteiger partial charge in [0.05, 0.1) is 12.4 Å². The number of hydrogen-bond acceptors (Lipinski definition) is 4. The number of aromatic nitrogens is 2. The Morgan fingerprint density at radius 2 is 1.88 bits per heavy atom. The molecule has 2 aliphatic rings. The summed E-state index contributed by atoms with van der Waals surface area (Å²) in [5.74, 6) is 0.278. The first-order chi connectivity index (χ1) is 12.3. The molecule has 26 heavy (non-hydrogen) atoms. The maximum Gasteiger partial charge on any atom is 0.433 e. The molecule has 2 fully saturated rings. The zero-order chi connectivity index (χ0) is 18.7. The number of nitrogens with zero attached hydrogens (tertiary/aromatic N) is 3. The molecule has 0 aromatic carbocycles. The van der Waals surface area contributed by atoms with Crippen LogP contribution in [0.25, 0.3) is 0 Å². The summed E-state index contributed by atoms with van der Waals surface area (Å²) in [5, 5.41) is 2.94. The van der Waals surface area contributed by atoms with Gasteiger partial charge in [0, 0.05) is 19.2 Å². The van der Waals surface area contributed by atoms with Gasteiger partial charge in [0.1, 0.15) is 0 Å². The van der Waals surface area contributed by atoms with Crippen LogP contribution in [0.1, 0.15) is 37.8 Å². The van der Waals surface area contributed by atoms with E-state index in [0.29, 0.717) is 12.6 Å². The Bertz CT molecular complexity index is 696. The molecule has 2 aliphatic heterocycles. The Hall–Kier alpha value is -1.90. The van der Waals surface area contributed by atoms with Crippen LogP contribution in [0, 0.1) is 5.92 Å². The van der Waals surface area contributed by atoms with Crippen LogP contribution in [0.2, 0.25) is 0 Å². The average molecular weight is 372 g/mol. The first-order valence-electron chi connectivity index (χ1n) is 9.00. The third kappa shape index (κ3) is 4.44. The zero-order valence-electron chi connectivity index (χ0n) is 14.5. The number of amides is 1. The molecule has 0 spiro atoms. The minimum atomic E-state index is -4.61. The summed E-state index contributed by atoms with van der Waals surface area (Å²) in [6.45, 7) is 2.60. The van der Waals surface area contributed by atoms with Crippen molar-refractivity contribution in [1.29, 1.82) is 0 Å². The fourth-order valence-corrected chi connectivity index (χ4v) is 3.72. The van der Waals surface area contributed by atoms with Crippen LogP contribution in [0.4, 0.5) is 13.2 Å². The number of halogens is 3. The van der Waals surface area contributed by atoms with E-state index in [1.165, 1.54) is 4.57 Å². The van der Waals surface area contributed by atoms with Crippen molar-refractivity contribution in [1.82, 2.24) is 19.8 Å². The van der Waals surface area contributed by atoms with E-state index in [0.717, 1.165) is 58.1 Å². The lowest BCUT2D eigenvalue weighted by Crippen LogP contribution is -2.49. The van der Waals surface area contributed by atoms with Gasteiger partial charge in [-0.05, 0) is 51.1 Å². The number of rotatable bonds is 3. The molecule has 1 N–H and O–H groups in total. The SMILES string of the molecule is O=C1NCCCCC1N1CCC(Cn2cnc(C(F)(F)F)cc2=O)CC1. The molecule has 144 valence electrons. The van der Waals surface area contributed by atoms with Crippen LogP contribution in [-0.4, -0.2) is 46.0 Å². The molecular formula is C17H23F3N4O2. The first kappa shape index (κ1) is 18.9. The highest BCUT2D eigenvalue weighted by Gasteiger charge is 2.33. The topological polar surface area (TPSA) is 67.2 Å². The molecule has 1 amide bonds. The van der Waals surface area contributed by atoms with Crippen LogP contribution in [0.3, 0.4) is 0 Å². The number of carbonyl (C=O) groups is 1. The highest BCUT2D eigenvalue weighted by Crippen LogP contribution is 2.26. The maximum atomic E-state index is 12.6. The Balaban J connectivity index is 1.57. The molecule has 0 radical (unpaired) electrons. The molecule has 2 saturated heterocycles. The largest absolute Gasteiger partial charge is 0.433 e. The summed E-state index contributed by atoms with van der Waals surface area (Å²) in [4.78, 5) is 29.6. The second-order valence-electron chi connectivity index (χ2n) is 7.04. The van der Waals surface area contributed by atoms with Crippen molar-refractivity contribution in [2.45, 2.75) is 50.9 Å². The standard InChI is InChI=1S/C17H23F3N4O2/c18-17(19,20)14-9-15(25)24(11-22-14)10-12-4-7-23(8-5-12)13-3-1-2-6-21-16(13)26/h9,11-13H,1-8,10H2,(H,21,26).